The summed E-state index contributed by atoms with van der Waals surface area (Å²) >= 11 is 6.10. The number of fused-ring (bicyclic) bond motifs is 1. The molecule has 0 atom stereocenters. The van der Waals surface area contributed by atoms with Crippen LogP contribution in [-0.4, -0.2) is 90.6 Å². The van der Waals surface area contributed by atoms with Crippen LogP contribution in [0.15, 0.2) is 51.7 Å². The van der Waals surface area contributed by atoms with Crippen LogP contribution in [0, 0.1) is 5.82 Å². The minimum absolute atomic E-state index is 0.0131. The molecule has 0 radical (unpaired) electrons. The number of benzene rings is 3. The third kappa shape index (κ3) is 7.09. The van der Waals surface area contributed by atoms with Gasteiger partial charge in [-0.3, -0.25) is 14.5 Å². The summed E-state index contributed by atoms with van der Waals surface area (Å²) in [5.41, 5.74) is 0.229. The molecule has 3 aromatic carbocycles. The minimum Gasteiger partial charge on any atom is -0.496 e. The van der Waals surface area contributed by atoms with Gasteiger partial charge in [-0.15, -0.1) is 0 Å². The van der Waals surface area contributed by atoms with E-state index in [1.165, 1.54) is 53.7 Å². The molecule has 1 fully saturated rings. The number of carbonyl (C=O) groups excluding carboxylic acids is 1. The van der Waals surface area contributed by atoms with E-state index < -0.39 is 17.2 Å². The zero-order valence-corrected chi connectivity index (χ0v) is 28.3. The SMILES string of the molecule is COc1cc(OC)c2c(=O)c(OCCCCN3CCN(C(=O)c4c(F)cccc4Cl)CC3)c(-c3cc(OC)c(OC)c(OC)c3)oc2c1. The first-order valence-corrected chi connectivity index (χ1v) is 15.7. The molecule has 0 unspecified atom stereocenters. The number of methoxy groups -OCH3 is 5. The van der Waals surface area contributed by atoms with Gasteiger partial charge in [0.05, 0.1) is 52.7 Å². The van der Waals surface area contributed by atoms with E-state index in [-0.39, 0.29) is 45.4 Å². The number of rotatable bonds is 13. The molecule has 0 aliphatic carbocycles. The van der Waals surface area contributed by atoms with E-state index >= 15 is 0 Å². The predicted molar refractivity (Wildman–Crippen MR) is 179 cm³/mol. The fourth-order valence-corrected chi connectivity index (χ4v) is 5.95. The fraction of sp³-hybridized carbons (Fsp3) is 0.371. The molecule has 1 amide bonds. The first-order valence-electron chi connectivity index (χ1n) is 15.4. The standard InChI is InChI=1S/C35H38ClFN2O9/c1-42-22-19-25(43-2)30-26(20-22)48-32(21-17-27(44-3)33(46-5)28(18-21)45-4)34(31(30)40)47-16-7-6-11-38-12-14-39(15-13-38)35(41)29-23(36)9-8-10-24(29)37/h8-10,17-20H,6-7,11-16H2,1-5H3. The molecule has 11 nitrogen and oxygen atoms in total. The maximum Gasteiger partial charge on any atom is 0.258 e. The Morgan fingerprint density at radius 1 is 0.854 bits per heavy atom. The maximum absolute atomic E-state index is 14.3. The Bertz CT molecular complexity index is 1790. The fourth-order valence-electron chi connectivity index (χ4n) is 5.70. The lowest BCUT2D eigenvalue weighted by Crippen LogP contribution is -2.49. The zero-order valence-electron chi connectivity index (χ0n) is 27.5. The molecule has 0 bridgehead atoms. The molecule has 2 heterocycles. The van der Waals surface area contributed by atoms with E-state index in [4.69, 9.17) is 44.4 Å². The largest absolute Gasteiger partial charge is 0.496 e. The molecule has 0 spiro atoms. The summed E-state index contributed by atoms with van der Waals surface area (Å²) in [6, 6.07) is 10.8. The van der Waals surface area contributed by atoms with Gasteiger partial charge in [0.15, 0.2) is 17.3 Å². The normalized spacial score (nSPS) is 13.4. The van der Waals surface area contributed by atoms with Crippen molar-refractivity contribution in [1.29, 1.82) is 0 Å². The third-order valence-corrected chi connectivity index (χ3v) is 8.54. The van der Waals surface area contributed by atoms with Crippen molar-refractivity contribution in [3.8, 4) is 45.8 Å². The Morgan fingerprint density at radius 2 is 1.54 bits per heavy atom. The summed E-state index contributed by atoms with van der Waals surface area (Å²) in [6.07, 6.45) is 1.40. The van der Waals surface area contributed by atoms with Gasteiger partial charge in [0, 0.05) is 43.9 Å². The molecular formula is C35H38ClFN2O9. The maximum atomic E-state index is 14.3. The summed E-state index contributed by atoms with van der Waals surface area (Å²) in [5.74, 6) is 1.05. The molecule has 256 valence electrons. The highest BCUT2D eigenvalue weighted by Gasteiger charge is 2.27. The van der Waals surface area contributed by atoms with E-state index in [1.54, 1.807) is 29.2 Å². The summed E-state index contributed by atoms with van der Waals surface area (Å²) in [7, 11) is 7.48. The minimum atomic E-state index is -0.623. The molecule has 0 N–H and O–H groups in total. The van der Waals surface area contributed by atoms with Crippen LogP contribution in [0.2, 0.25) is 5.02 Å². The number of hydrogen-bond acceptors (Lipinski definition) is 10. The highest BCUT2D eigenvalue weighted by Crippen LogP contribution is 2.44. The predicted octanol–water partition coefficient (Wildman–Crippen LogP) is 5.91. The molecule has 1 saturated heterocycles. The Balaban J connectivity index is 1.31. The first-order chi connectivity index (χ1) is 23.2. The summed E-state index contributed by atoms with van der Waals surface area (Å²) in [6.45, 7) is 3.19. The lowest BCUT2D eigenvalue weighted by Gasteiger charge is -2.35. The number of nitrogens with zero attached hydrogens (tertiary/aromatic N) is 2. The van der Waals surface area contributed by atoms with E-state index in [9.17, 15) is 14.0 Å². The number of carbonyl (C=O) groups is 1. The van der Waals surface area contributed by atoms with E-state index in [0.717, 1.165) is 13.0 Å². The smallest absolute Gasteiger partial charge is 0.258 e. The van der Waals surface area contributed by atoms with Gasteiger partial charge in [0.1, 0.15) is 28.3 Å². The average Bonchev–Trinajstić information content (AvgIpc) is 3.10. The summed E-state index contributed by atoms with van der Waals surface area (Å²) < 4.78 is 54.3. The molecule has 5 rings (SSSR count). The van der Waals surface area contributed by atoms with Crippen LogP contribution >= 0.6 is 11.6 Å². The van der Waals surface area contributed by atoms with E-state index in [2.05, 4.69) is 4.90 Å². The Morgan fingerprint density at radius 3 is 2.15 bits per heavy atom. The topological polar surface area (TPSA) is 109 Å². The average molecular weight is 685 g/mol. The van der Waals surface area contributed by atoms with Gasteiger partial charge in [-0.2, -0.15) is 0 Å². The molecule has 4 aromatic rings. The summed E-state index contributed by atoms with van der Waals surface area (Å²) in [4.78, 5) is 30.8. The second-order valence-corrected chi connectivity index (χ2v) is 11.4. The van der Waals surface area contributed by atoms with Crippen molar-refractivity contribution in [1.82, 2.24) is 9.80 Å². The van der Waals surface area contributed by atoms with Gasteiger partial charge < -0.3 is 37.7 Å². The van der Waals surface area contributed by atoms with Crippen molar-refractivity contribution in [3.63, 3.8) is 0 Å². The lowest BCUT2D eigenvalue weighted by atomic mass is 10.1. The molecule has 0 saturated carbocycles. The first kappa shape index (κ1) is 34.6. The van der Waals surface area contributed by atoms with Crippen molar-refractivity contribution < 1.29 is 42.0 Å². The van der Waals surface area contributed by atoms with E-state index in [0.29, 0.717) is 61.2 Å². The zero-order chi connectivity index (χ0) is 34.4. The van der Waals surface area contributed by atoms with Crippen LogP contribution < -0.4 is 33.8 Å². The van der Waals surface area contributed by atoms with Crippen molar-refractivity contribution in [2.45, 2.75) is 12.8 Å². The second-order valence-electron chi connectivity index (χ2n) is 11.0. The molecule has 48 heavy (non-hydrogen) atoms. The number of unbranched alkanes of at least 4 members (excludes halogenated alkanes) is 1. The van der Waals surface area contributed by atoms with Crippen molar-refractivity contribution in [2.24, 2.45) is 0 Å². The molecule has 1 aliphatic heterocycles. The van der Waals surface area contributed by atoms with Gasteiger partial charge in [-0.25, -0.2) is 4.39 Å². The number of halogens is 2. The Labute approximate surface area is 282 Å². The van der Waals surface area contributed by atoms with Crippen molar-refractivity contribution in [3.05, 3.63) is 69.1 Å². The highest BCUT2D eigenvalue weighted by atomic mass is 35.5. The van der Waals surface area contributed by atoms with Crippen LogP contribution in [0.3, 0.4) is 0 Å². The number of piperazine rings is 1. The molecular weight excluding hydrogens is 647 g/mol. The monoisotopic (exact) mass is 684 g/mol. The number of hydrogen-bond donors (Lipinski definition) is 0. The Hall–Kier alpha value is -4.68. The van der Waals surface area contributed by atoms with Gasteiger partial charge in [-0.1, -0.05) is 17.7 Å². The van der Waals surface area contributed by atoms with Gasteiger partial charge in [-0.05, 0) is 43.7 Å². The van der Waals surface area contributed by atoms with Crippen LogP contribution in [0.4, 0.5) is 4.39 Å². The lowest BCUT2D eigenvalue weighted by molar-refractivity contribution is 0.0630. The van der Waals surface area contributed by atoms with Crippen molar-refractivity contribution >= 4 is 28.5 Å². The molecule has 13 heteroatoms. The van der Waals surface area contributed by atoms with Crippen LogP contribution in [0.5, 0.6) is 34.5 Å². The molecule has 1 aliphatic rings. The van der Waals surface area contributed by atoms with E-state index in [1.807, 2.05) is 0 Å². The quantitative estimate of drug-likeness (QED) is 0.158. The van der Waals surface area contributed by atoms with Gasteiger partial charge >= 0.3 is 0 Å². The second kappa shape index (κ2) is 15.5. The van der Waals surface area contributed by atoms with Gasteiger partial charge in [0.25, 0.3) is 5.91 Å². The van der Waals surface area contributed by atoms with Gasteiger partial charge in [0.2, 0.25) is 16.9 Å². The number of amides is 1. The van der Waals surface area contributed by atoms with Crippen molar-refractivity contribution in [2.75, 3.05) is 74.9 Å². The molecule has 1 aromatic heterocycles. The Kier molecular flexibility index (Phi) is 11.2. The highest BCUT2D eigenvalue weighted by molar-refractivity contribution is 6.33. The van der Waals surface area contributed by atoms with Crippen LogP contribution in [0.25, 0.3) is 22.3 Å². The van der Waals surface area contributed by atoms with Crippen LogP contribution in [0.1, 0.15) is 23.2 Å². The van der Waals surface area contributed by atoms with Crippen LogP contribution in [-0.2, 0) is 0 Å². The summed E-state index contributed by atoms with van der Waals surface area (Å²) in [5, 5.41) is 0.322. The third-order valence-electron chi connectivity index (χ3n) is 8.22. The number of ether oxygens (including phenoxy) is 6.